The van der Waals surface area contributed by atoms with Crippen molar-refractivity contribution in [3.05, 3.63) is 70.8 Å². The number of hydrogen-bond donors (Lipinski definition) is 0. The molecule has 0 spiro atoms. The monoisotopic (exact) mass is 302 g/mol. The SMILES string of the molecule is CC(C)(C#N)c1ccc(Cc2ccc(C(C)(C)C#N)cc2)cc1. The highest BCUT2D eigenvalue weighted by molar-refractivity contribution is 5.37. The molecule has 0 atom stereocenters. The van der Waals surface area contributed by atoms with Crippen LogP contribution in [0.4, 0.5) is 0 Å². The van der Waals surface area contributed by atoms with Gasteiger partial charge in [-0.15, -0.1) is 0 Å². The molecule has 0 heterocycles. The summed E-state index contributed by atoms with van der Waals surface area (Å²) in [6.07, 6.45) is 0.848. The lowest BCUT2D eigenvalue weighted by Crippen LogP contribution is -2.13. The van der Waals surface area contributed by atoms with Crippen molar-refractivity contribution in [3.63, 3.8) is 0 Å². The standard InChI is InChI=1S/C21H22N2/c1-20(2,14-22)18-9-5-16(6-10-18)13-17-7-11-19(12-8-17)21(3,4)15-23/h5-12H,13H2,1-4H3. The van der Waals surface area contributed by atoms with Crippen molar-refractivity contribution in [2.24, 2.45) is 0 Å². The van der Waals surface area contributed by atoms with E-state index in [1.165, 1.54) is 11.1 Å². The van der Waals surface area contributed by atoms with Gasteiger partial charge in [-0.05, 0) is 56.4 Å². The van der Waals surface area contributed by atoms with Gasteiger partial charge < -0.3 is 0 Å². The number of nitriles is 2. The van der Waals surface area contributed by atoms with E-state index >= 15 is 0 Å². The molecule has 0 N–H and O–H groups in total. The molecule has 0 radical (unpaired) electrons. The molecule has 0 aliphatic heterocycles. The molecule has 0 saturated heterocycles. The summed E-state index contributed by atoms with van der Waals surface area (Å²) in [6.45, 7) is 7.71. The minimum atomic E-state index is -0.455. The van der Waals surface area contributed by atoms with Gasteiger partial charge in [0.25, 0.3) is 0 Å². The lowest BCUT2D eigenvalue weighted by atomic mass is 9.85. The quantitative estimate of drug-likeness (QED) is 0.808. The third kappa shape index (κ3) is 3.79. The number of nitrogens with zero attached hydrogens (tertiary/aromatic N) is 2. The van der Waals surface area contributed by atoms with Gasteiger partial charge in [0.15, 0.2) is 0 Å². The van der Waals surface area contributed by atoms with Crippen LogP contribution in [0, 0.1) is 22.7 Å². The fourth-order valence-corrected chi connectivity index (χ4v) is 2.44. The predicted octanol–water partition coefficient (Wildman–Crippen LogP) is 4.88. The van der Waals surface area contributed by atoms with E-state index in [4.69, 9.17) is 0 Å². The van der Waals surface area contributed by atoms with E-state index in [1.807, 2.05) is 52.0 Å². The Labute approximate surface area is 139 Å². The van der Waals surface area contributed by atoms with Crippen molar-refractivity contribution in [2.75, 3.05) is 0 Å². The molecule has 0 aromatic heterocycles. The van der Waals surface area contributed by atoms with Crippen LogP contribution in [0.5, 0.6) is 0 Å². The van der Waals surface area contributed by atoms with Crippen LogP contribution in [-0.4, -0.2) is 0 Å². The van der Waals surface area contributed by atoms with Gasteiger partial charge in [-0.3, -0.25) is 0 Å². The summed E-state index contributed by atoms with van der Waals surface area (Å²) in [5.41, 5.74) is 3.60. The Kier molecular flexibility index (Phi) is 4.57. The molecule has 2 aromatic rings. The lowest BCUT2D eigenvalue weighted by Gasteiger charge is -2.17. The normalized spacial score (nSPS) is 11.6. The van der Waals surface area contributed by atoms with Gasteiger partial charge in [0.1, 0.15) is 0 Å². The highest BCUT2D eigenvalue weighted by Gasteiger charge is 2.20. The van der Waals surface area contributed by atoms with Crippen LogP contribution >= 0.6 is 0 Å². The Hall–Kier alpha value is -2.58. The maximum absolute atomic E-state index is 9.19. The van der Waals surface area contributed by atoms with Crippen molar-refractivity contribution in [1.29, 1.82) is 10.5 Å². The zero-order valence-electron chi connectivity index (χ0n) is 14.2. The first kappa shape index (κ1) is 16.8. The van der Waals surface area contributed by atoms with Gasteiger partial charge in [-0.2, -0.15) is 10.5 Å². The van der Waals surface area contributed by atoms with Crippen molar-refractivity contribution in [1.82, 2.24) is 0 Å². The summed E-state index contributed by atoms with van der Waals surface area (Å²) in [4.78, 5) is 0. The van der Waals surface area contributed by atoms with E-state index in [-0.39, 0.29) is 0 Å². The summed E-state index contributed by atoms with van der Waals surface area (Å²) in [5, 5.41) is 18.4. The van der Waals surface area contributed by atoms with Crippen LogP contribution in [0.25, 0.3) is 0 Å². The number of rotatable bonds is 4. The second-order valence-corrected chi connectivity index (χ2v) is 7.04. The van der Waals surface area contributed by atoms with E-state index in [0.717, 1.165) is 17.5 Å². The third-order valence-electron chi connectivity index (χ3n) is 4.32. The van der Waals surface area contributed by atoms with E-state index in [2.05, 4.69) is 36.4 Å². The van der Waals surface area contributed by atoms with Gasteiger partial charge in [-0.25, -0.2) is 0 Å². The first-order valence-electron chi connectivity index (χ1n) is 7.80. The van der Waals surface area contributed by atoms with Crippen LogP contribution in [-0.2, 0) is 17.3 Å². The van der Waals surface area contributed by atoms with Crippen molar-refractivity contribution in [2.45, 2.75) is 44.9 Å². The van der Waals surface area contributed by atoms with Crippen LogP contribution in [0.2, 0.25) is 0 Å². The lowest BCUT2D eigenvalue weighted by molar-refractivity contribution is 0.686. The Morgan fingerprint density at radius 3 is 1.22 bits per heavy atom. The number of hydrogen-bond acceptors (Lipinski definition) is 2. The Bertz CT molecular complexity index is 684. The molecule has 0 saturated carbocycles. The predicted molar refractivity (Wildman–Crippen MR) is 93.0 cm³/mol. The largest absolute Gasteiger partial charge is 0.197 e. The summed E-state index contributed by atoms with van der Waals surface area (Å²) in [7, 11) is 0. The van der Waals surface area contributed by atoms with Crippen LogP contribution in [0.15, 0.2) is 48.5 Å². The molecular formula is C21H22N2. The summed E-state index contributed by atoms with van der Waals surface area (Å²) in [5.74, 6) is 0. The average molecular weight is 302 g/mol. The smallest absolute Gasteiger partial charge is 0.0766 e. The first-order valence-corrected chi connectivity index (χ1v) is 7.80. The molecule has 0 unspecified atom stereocenters. The van der Waals surface area contributed by atoms with E-state index in [9.17, 15) is 10.5 Å². The maximum Gasteiger partial charge on any atom is 0.0766 e. The molecule has 0 amide bonds. The number of benzene rings is 2. The van der Waals surface area contributed by atoms with Crippen LogP contribution in [0.3, 0.4) is 0 Å². The zero-order valence-corrected chi connectivity index (χ0v) is 14.2. The highest BCUT2D eigenvalue weighted by atomic mass is 14.3. The first-order chi connectivity index (χ1) is 10.8. The average Bonchev–Trinajstić information content (AvgIpc) is 2.56. The van der Waals surface area contributed by atoms with Crippen molar-refractivity contribution < 1.29 is 0 Å². The van der Waals surface area contributed by atoms with E-state index < -0.39 is 10.8 Å². The minimum Gasteiger partial charge on any atom is -0.197 e. The molecule has 0 aliphatic rings. The molecule has 2 rings (SSSR count). The molecule has 2 nitrogen and oxygen atoms in total. The Morgan fingerprint density at radius 2 is 0.957 bits per heavy atom. The topological polar surface area (TPSA) is 47.6 Å². The fraction of sp³-hybridized carbons (Fsp3) is 0.333. The summed E-state index contributed by atoms with van der Waals surface area (Å²) >= 11 is 0. The van der Waals surface area contributed by atoms with Crippen molar-refractivity contribution >= 4 is 0 Å². The van der Waals surface area contributed by atoms with Crippen LogP contribution < -0.4 is 0 Å². The zero-order chi connectivity index (χ0) is 17.1. The highest BCUT2D eigenvalue weighted by Crippen LogP contribution is 2.25. The summed E-state index contributed by atoms with van der Waals surface area (Å²) < 4.78 is 0. The maximum atomic E-state index is 9.19. The molecule has 2 heteroatoms. The molecule has 0 aliphatic carbocycles. The van der Waals surface area contributed by atoms with Gasteiger partial charge in [0.2, 0.25) is 0 Å². The second kappa shape index (κ2) is 6.27. The van der Waals surface area contributed by atoms with Crippen molar-refractivity contribution in [3.8, 4) is 12.1 Å². The molecule has 0 fully saturated rings. The van der Waals surface area contributed by atoms with E-state index in [1.54, 1.807) is 0 Å². The summed E-state index contributed by atoms with van der Waals surface area (Å²) in [6, 6.07) is 21.1. The molecule has 116 valence electrons. The van der Waals surface area contributed by atoms with Gasteiger partial charge >= 0.3 is 0 Å². The molecular weight excluding hydrogens is 280 g/mol. The Morgan fingerprint density at radius 1 is 0.652 bits per heavy atom. The second-order valence-electron chi connectivity index (χ2n) is 7.04. The van der Waals surface area contributed by atoms with Crippen LogP contribution in [0.1, 0.15) is 49.9 Å². The molecule has 23 heavy (non-hydrogen) atoms. The third-order valence-corrected chi connectivity index (χ3v) is 4.32. The van der Waals surface area contributed by atoms with Gasteiger partial charge in [0, 0.05) is 0 Å². The fourth-order valence-electron chi connectivity index (χ4n) is 2.44. The Balaban J connectivity index is 2.15. The minimum absolute atomic E-state index is 0.455. The van der Waals surface area contributed by atoms with Gasteiger partial charge in [-0.1, -0.05) is 48.5 Å². The van der Waals surface area contributed by atoms with Gasteiger partial charge in [0.05, 0.1) is 23.0 Å². The van der Waals surface area contributed by atoms with E-state index in [0.29, 0.717) is 0 Å². The molecule has 0 bridgehead atoms. The molecule has 2 aromatic carbocycles.